The third-order valence-electron chi connectivity index (χ3n) is 3.95. The molecule has 3 rings (SSSR count). The van der Waals surface area contributed by atoms with Crippen molar-refractivity contribution in [2.75, 3.05) is 25.4 Å². The van der Waals surface area contributed by atoms with Gasteiger partial charge in [-0.2, -0.15) is 4.31 Å². The summed E-state index contributed by atoms with van der Waals surface area (Å²) in [7, 11) is -2.06. The summed E-state index contributed by atoms with van der Waals surface area (Å²) in [6, 6.07) is -0.0134. The second kappa shape index (κ2) is 4.45. The van der Waals surface area contributed by atoms with Gasteiger partial charge < -0.3 is 15.2 Å². The van der Waals surface area contributed by atoms with Crippen LogP contribution in [-0.2, 0) is 21.9 Å². The van der Waals surface area contributed by atoms with E-state index in [-0.39, 0.29) is 22.8 Å². The summed E-state index contributed by atoms with van der Waals surface area (Å²) in [5.74, 6) is 0.129. The highest BCUT2D eigenvalue weighted by Gasteiger charge is 2.40. The molecule has 1 aromatic heterocycles. The number of anilines is 1. The Labute approximate surface area is 117 Å². The third kappa shape index (κ3) is 1.88. The number of nitrogen functional groups attached to an aromatic ring is 1. The van der Waals surface area contributed by atoms with E-state index in [0.29, 0.717) is 32.5 Å². The first-order valence-electron chi connectivity index (χ1n) is 6.47. The minimum atomic E-state index is -3.67. The highest BCUT2D eigenvalue weighted by molar-refractivity contribution is 7.89. The highest BCUT2D eigenvalue weighted by Crippen LogP contribution is 2.27. The molecule has 0 bridgehead atoms. The molecule has 2 aliphatic heterocycles. The Morgan fingerprint density at radius 3 is 2.80 bits per heavy atom. The average Bonchev–Trinajstić information content (AvgIpc) is 2.93. The van der Waals surface area contributed by atoms with Gasteiger partial charge in [0.15, 0.2) is 10.8 Å². The van der Waals surface area contributed by atoms with Crippen molar-refractivity contribution in [3.05, 3.63) is 6.33 Å². The van der Waals surface area contributed by atoms with Crippen molar-refractivity contribution in [3.8, 4) is 0 Å². The van der Waals surface area contributed by atoms with Crippen LogP contribution in [0.5, 0.6) is 0 Å². The molecule has 0 radical (unpaired) electrons. The van der Waals surface area contributed by atoms with E-state index in [1.807, 2.05) is 0 Å². The number of fused-ring (bicyclic) bond motifs is 1. The Balaban J connectivity index is 1.88. The zero-order valence-electron chi connectivity index (χ0n) is 11.2. The predicted molar refractivity (Wildman–Crippen MR) is 71.1 cm³/mol. The molecule has 2 fully saturated rings. The number of amides is 1. The quantitative estimate of drug-likeness (QED) is 0.754. The van der Waals surface area contributed by atoms with Gasteiger partial charge in [0.05, 0.1) is 6.33 Å². The van der Waals surface area contributed by atoms with Gasteiger partial charge in [0, 0.05) is 39.1 Å². The standard InChI is InChI=1S/C11H17N5O3S/c1-14-7-13-10(12)11(14)20(18,19)15-4-5-16-8(6-15)2-3-9(16)17/h7-8H,2-6,12H2,1H3. The van der Waals surface area contributed by atoms with Crippen LogP contribution in [0.2, 0.25) is 0 Å². The molecular formula is C11H17N5O3S. The molecule has 2 N–H and O–H groups in total. The monoisotopic (exact) mass is 299 g/mol. The lowest BCUT2D eigenvalue weighted by Gasteiger charge is -2.36. The molecular weight excluding hydrogens is 282 g/mol. The molecule has 9 heteroatoms. The predicted octanol–water partition coefficient (Wildman–Crippen LogP) is -1.00. The topological polar surface area (TPSA) is 102 Å². The summed E-state index contributed by atoms with van der Waals surface area (Å²) in [6.45, 7) is 1.08. The van der Waals surface area contributed by atoms with Gasteiger partial charge in [0.25, 0.3) is 10.0 Å². The molecule has 20 heavy (non-hydrogen) atoms. The van der Waals surface area contributed by atoms with Crippen LogP contribution in [0.4, 0.5) is 5.82 Å². The first-order valence-corrected chi connectivity index (χ1v) is 7.91. The Morgan fingerprint density at radius 2 is 2.15 bits per heavy atom. The largest absolute Gasteiger partial charge is 0.381 e. The van der Waals surface area contributed by atoms with Crippen molar-refractivity contribution < 1.29 is 13.2 Å². The number of hydrogen-bond donors (Lipinski definition) is 1. The van der Waals surface area contributed by atoms with Crippen molar-refractivity contribution in [2.24, 2.45) is 7.05 Å². The van der Waals surface area contributed by atoms with Crippen LogP contribution < -0.4 is 5.73 Å². The van der Waals surface area contributed by atoms with Crippen molar-refractivity contribution >= 4 is 21.7 Å². The maximum absolute atomic E-state index is 12.6. The first-order chi connectivity index (χ1) is 9.41. The fraction of sp³-hybridized carbons (Fsp3) is 0.636. The van der Waals surface area contributed by atoms with E-state index >= 15 is 0 Å². The number of carbonyl (C=O) groups is 1. The normalized spacial score (nSPS) is 24.1. The smallest absolute Gasteiger partial charge is 0.262 e. The van der Waals surface area contributed by atoms with E-state index in [4.69, 9.17) is 5.73 Å². The summed E-state index contributed by atoms with van der Waals surface area (Å²) >= 11 is 0. The van der Waals surface area contributed by atoms with Crippen LogP contribution >= 0.6 is 0 Å². The number of piperazine rings is 1. The Morgan fingerprint density at radius 1 is 1.40 bits per heavy atom. The summed E-state index contributed by atoms with van der Waals surface area (Å²) in [4.78, 5) is 17.2. The van der Waals surface area contributed by atoms with Gasteiger partial charge in [-0.15, -0.1) is 0 Å². The van der Waals surface area contributed by atoms with Gasteiger partial charge in [-0.1, -0.05) is 0 Å². The molecule has 0 spiro atoms. The first kappa shape index (κ1) is 13.4. The van der Waals surface area contributed by atoms with Gasteiger partial charge >= 0.3 is 0 Å². The number of aryl methyl sites for hydroxylation is 1. The summed E-state index contributed by atoms with van der Waals surface area (Å²) in [6.07, 6.45) is 2.61. The molecule has 0 saturated carbocycles. The lowest BCUT2D eigenvalue weighted by Crippen LogP contribution is -2.53. The van der Waals surface area contributed by atoms with Gasteiger partial charge in [-0.25, -0.2) is 13.4 Å². The fourth-order valence-electron chi connectivity index (χ4n) is 2.93. The number of carbonyl (C=O) groups excluding carboxylic acids is 1. The average molecular weight is 299 g/mol. The van der Waals surface area contributed by atoms with Crippen molar-refractivity contribution in [3.63, 3.8) is 0 Å². The Bertz CT molecular complexity index is 634. The number of aromatic nitrogens is 2. The van der Waals surface area contributed by atoms with Crippen LogP contribution in [0.25, 0.3) is 0 Å². The fourth-order valence-corrected chi connectivity index (χ4v) is 4.59. The van der Waals surface area contributed by atoms with E-state index in [1.54, 1.807) is 11.9 Å². The van der Waals surface area contributed by atoms with E-state index in [1.165, 1.54) is 15.2 Å². The van der Waals surface area contributed by atoms with Gasteiger partial charge in [-0.05, 0) is 6.42 Å². The van der Waals surface area contributed by atoms with Crippen LogP contribution in [0.1, 0.15) is 12.8 Å². The molecule has 1 amide bonds. The summed E-state index contributed by atoms with van der Waals surface area (Å²) < 4.78 is 28.1. The van der Waals surface area contributed by atoms with Gasteiger partial charge in [-0.3, -0.25) is 4.79 Å². The lowest BCUT2D eigenvalue weighted by molar-refractivity contribution is -0.130. The number of imidazole rings is 1. The number of nitrogens with zero attached hydrogens (tertiary/aromatic N) is 4. The second-order valence-electron chi connectivity index (χ2n) is 5.19. The number of nitrogens with two attached hydrogens (primary N) is 1. The number of rotatable bonds is 2. The molecule has 1 unspecified atom stereocenters. The van der Waals surface area contributed by atoms with Crippen molar-refractivity contribution in [1.29, 1.82) is 0 Å². The van der Waals surface area contributed by atoms with E-state index in [9.17, 15) is 13.2 Å². The molecule has 2 aliphatic rings. The SMILES string of the molecule is Cn1cnc(N)c1S(=O)(=O)N1CCN2C(=O)CCC2C1. The van der Waals surface area contributed by atoms with Gasteiger partial charge in [0.2, 0.25) is 5.91 Å². The van der Waals surface area contributed by atoms with E-state index in [2.05, 4.69) is 4.98 Å². The Kier molecular flexibility index (Phi) is 2.98. The minimum Gasteiger partial charge on any atom is -0.381 e. The van der Waals surface area contributed by atoms with E-state index in [0.717, 1.165) is 0 Å². The Hall–Kier alpha value is -1.61. The summed E-state index contributed by atoms with van der Waals surface area (Å²) in [5.41, 5.74) is 5.66. The van der Waals surface area contributed by atoms with Crippen LogP contribution in [0.15, 0.2) is 11.4 Å². The van der Waals surface area contributed by atoms with Crippen LogP contribution in [-0.4, -0.2) is 58.8 Å². The molecule has 1 aromatic rings. The number of sulfonamides is 1. The lowest BCUT2D eigenvalue weighted by atomic mass is 10.2. The van der Waals surface area contributed by atoms with Crippen molar-refractivity contribution in [1.82, 2.24) is 18.8 Å². The zero-order valence-corrected chi connectivity index (χ0v) is 12.0. The van der Waals surface area contributed by atoms with Gasteiger partial charge in [0.1, 0.15) is 0 Å². The van der Waals surface area contributed by atoms with Crippen molar-refractivity contribution in [2.45, 2.75) is 23.9 Å². The molecule has 3 heterocycles. The molecule has 0 aromatic carbocycles. The molecule has 110 valence electrons. The molecule has 0 aliphatic carbocycles. The second-order valence-corrected chi connectivity index (χ2v) is 7.04. The minimum absolute atomic E-state index is 0.0115. The third-order valence-corrected chi connectivity index (χ3v) is 5.95. The molecule has 8 nitrogen and oxygen atoms in total. The molecule has 2 saturated heterocycles. The highest BCUT2D eigenvalue weighted by atomic mass is 32.2. The van der Waals surface area contributed by atoms with E-state index < -0.39 is 10.0 Å². The van der Waals surface area contributed by atoms with Crippen LogP contribution in [0, 0.1) is 0 Å². The van der Waals surface area contributed by atoms with Crippen LogP contribution in [0.3, 0.4) is 0 Å². The zero-order chi connectivity index (χ0) is 14.5. The summed E-state index contributed by atoms with van der Waals surface area (Å²) in [5, 5.41) is 0.0234. The number of hydrogen-bond acceptors (Lipinski definition) is 5. The maximum Gasteiger partial charge on any atom is 0.262 e. The maximum atomic E-state index is 12.6. The molecule has 1 atom stereocenters.